The van der Waals surface area contributed by atoms with E-state index < -0.39 is 0 Å². The Morgan fingerprint density at radius 1 is 1.09 bits per heavy atom. The Labute approximate surface area is 206 Å². The third-order valence-corrected chi connectivity index (χ3v) is 7.10. The number of aromatic nitrogens is 2. The number of carbonyl (C=O) groups excluding carboxylic acids is 1. The van der Waals surface area contributed by atoms with Gasteiger partial charge in [-0.15, -0.1) is 0 Å². The Balaban J connectivity index is 1.31. The van der Waals surface area contributed by atoms with Crippen molar-refractivity contribution in [3.05, 3.63) is 54.4 Å². The van der Waals surface area contributed by atoms with E-state index >= 15 is 0 Å². The summed E-state index contributed by atoms with van der Waals surface area (Å²) in [7, 11) is 1.66. The van der Waals surface area contributed by atoms with E-state index in [1.807, 2.05) is 30.3 Å². The molecule has 1 aliphatic carbocycles. The minimum atomic E-state index is 0.0907. The highest BCUT2D eigenvalue weighted by molar-refractivity contribution is 5.91. The molecule has 0 radical (unpaired) electrons. The molecule has 2 aromatic carbocycles. The van der Waals surface area contributed by atoms with Gasteiger partial charge in [-0.3, -0.25) is 9.69 Å². The summed E-state index contributed by atoms with van der Waals surface area (Å²) in [5.74, 6) is 2.29. The maximum absolute atomic E-state index is 11.8. The highest BCUT2D eigenvalue weighted by atomic mass is 16.5. The van der Waals surface area contributed by atoms with Gasteiger partial charge in [0.15, 0.2) is 11.5 Å². The van der Waals surface area contributed by atoms with Crippen molar-refractivity contribution < 1.29 is 14.3 Å². The molecule has 1 aromatic heterocycles. The molecule has 3 aromatic rings. The van der Waals surface area contributed by atoms with Gasteiger partial charge in [-0.25, -0.2) is 9.97 Å². The number of nitrogens with zero attached hydrogens (tertiary/aromatic N) is 3. The van der Waals surface area contributed by atoms with E-state index in [9.17, 15) is 4.79 Å². The molecular weight excluding hydrogens is 442 g/mol. The summed E-state index contributed by atoms with van der Waals surface area (Å²) in [5.41, 5.74) is 1.99. The Hall–Kier alpha value is -3.39. The summed E-state index contributed by atoms with van der Waals surface area (Å²) in [6, 6.07) is 14.8. The predicted octanol–water partition coefficient (Wildman–Crippen LogP) is 3.93. The number of methoxy groups -OCH3 is 1. The summed E-state index contributed by atoms with van der Waals surface area (Å²) in [5, 5.41) is 7.34. The quantitative estimate of drug-likeness (QED) is 0.535. The molecule has 0 unspecified atom stereocenters. The fraction of sp³-hybridized carbons (Fsp3) is 0.444. The van der Waals surface area contributed by atoms with Crippen LogP contribution in [0.1, 0.15) is 44.2 Å². The molecule has 1 atom stereocenters. The molecule has 5 rings (SSSR count). The third kappa shape index (κ3) is 5.32. The number of benzene rings is 2. The Morgan fingerprint density at radius 2 is 1.89 bits per heavy atom. The number of nitrogens with one attached hydrogen (secondary N) is 2. The first kappa shape index (κ1) is 23.4. The second-order valence-electron chi connectivity index (χ2n) is 9.39. The molecule has 2 N–H and O–H groups in total. The maximum Gasteiger partial charge on any atom is 0.234 e. The van der Waals surface area contributed by atoms with Gasteiger partial charge < -0.3 is 20.1 Å². The predicted molar refractivity (Wildman–Crippen MR) is 136 cm³/mol. The lowest BCUT2D eigenvalue weighted by Crippen LogP contribution is -2.52. The molecule has 0 spiro atoms. The van der Waals surface area contributed by atoms with Gasteiger partial charge in [0.25, 0.3) is 0 Å². The van der Waals surface area contributed by atoms with Gasteiger partial charge in [-0.2, -0.15) is 0 Å². The summed E-state index contributed by atoms with van der Waals surface area (Å²) in [6.45, 7) is 4.29. The van der Waals surface area contributed by atoms with Gasteiger partial charge in [0, 0.05) is 36.6 Å². The van der Waals surface area contributed by atoms with Gasteiger partial charge in [0.1, 0.15) is 12.1 Å². The van der Waals surface area contributed by atoms with Crippen LogP contribution >= 0.6 is 0 Å². The number of rotatable bonds is 7. The van der Waals surface area contributed by atoms with E-state index in [1.54, 1.807) is 13.4 Å². The number of hydrogen-bond acceptors (Lipinski definition) is 7. The molecule has 1 saturated carbocycles. The van der Waals surface area contributed by atoms with Crippen LogP contribution in [0.5, 0.6) is 11.5 Å². The number of anilines is 1. The third-order valence-electron chi connectivity index (χ3n) is 7.10. The van der Waals surface area contributed by atoms with Crippen molar-refractivity contribution in [2.45, 2.75) is 50.8 Å². The van der Waals surface area contributed by atoms with E-state index in [1.165, 1.54) is 5.56 Å². The molecule has 2 fully saturated rings. The minimum Gasteiger partial charge on any atom is -0.493 e. The standard InChI is InChI=1S/C27H33N5O3/c1-18(19-6-4-3-5-7-19)31-27-22-14-25(24(34-2)15-23(22)29-17-30-27)35-21-10-8-20(9-11-21)32-13-12-28-26(33)16-32/h3-7,14-15,17-18,20-21H,8-13,16H2,1-2H3,(H,28,33)(H,29,30,31)/t18-,20-,21+/m1/s1. The molecular formula is C27H33N5O3. The van der Waals surface area contributed by atoms with Crippen LogP contribution in [0, 0.1) is 0 Å². The zero-order valence-electron chi connectivity index (χ0n) is 20.4. The van der Waals surface area contributed by atoms with Crippen LogP contribution < -0.4 is 20.1 Å². The number of amides is 1. The first-order valence-electron chi connectivity index (χ1n) is 12.4. The maximum atomic E-state index is 11.8. The second kappa shape index (κ2) is 10.5. The molecule has 1 amide bonds. The largest absolute Gasteiger partial charge is 0.493 e. The Kier molecular flexibility index (Phi) is 6.99. The van der Waals surface area contributed by atoms with E-state index in [4.69, 9.17) is 9.47 Å². The fourth-order valence-corrected chi connectivity index (χ4v) is 5.14. The molecule has 0 bridgehead atoms. The summed E-state index contributed by atoms with van der Waals surface area (Å²) >= 11 is 0. The van der Waals surface area contributed by atoms with Crippen molar-refractivity contribution in [2.24, 2.45) is 0 Å². The number of carbonyl (C=O) groups is 1. The lowest BCUT2D eigenvalue weighted by molar-refractivity contribution is -0.125. The summed E-state index contributed by atoms with van der Waals surface area (Å²) < 4.78 is 12.1. The molecule has 184 valence electrons. The minimum absolute atomic E-state index is 0.0907. The first-order valence-corrected chi connectivity index (χ1v) is 12.4. The monoisotopic (exact) mass is 475 g/mol. The average molecular weight is 476 g/mol. The number of hydrogen-bond donors (Lipinski definition) is 2. The van der Waals surface area contributed by atoms with Crippen LogP contribution in [0.2, 0.25) is 0 Å². The Morgan fingerprint density at radius 3 is 2.63 bits per heavy atom. The number of piperazine rings is 1. The van der Waals surface area contributed by atoms with Crippen LogP contribution in [0.4, 0.5) is 5.82 Å². The van der Waals surface area contributed by atoms with Crippen molar-refractivity contribution in [1.82, 2.24) is 20.2 Å². The van der Waals surface area contributed by atoms with Gasteiger partial charge in [-0.1, -0.05) is 30.3 Å². The van der Waals surface area contributed by atoms with Crippen LogP contribution in [-0.2, 0) is 4.79 Å². The van der Waals surface area contributed by atoms with Gasteiger partial charge >= 0.3 is 0 Å². The van der Waals surface area contributed by atoms with E-state index in [-0.39, 0.29) is 18.1 Å². The van der Waals surface area contributed by atoms with Crippen LogP contribution in [0.25, 0.3) is 10.9 Å². The SMILES string of the molecule is COc1cc2ncnc(N[C@H](C)c3ccccc3)c2cc1O[C@H]1CC[C@@H](N2CCNC(=O)C2)CC1. The van der Waals surface area contributed by atoms with Gasteiger partial charge in [0.05, 0.1) is 25.3 Å². The van der Waals surface area contributed by atoms with E-state index in [2.05, 4.69) is 44.6 Å². The van der Waals surface area contributed by atoms with E-state index in [0.717, 1.165) is 55.5 Å². The summed E-state index contributed by atoms with van der Waals surface area (Å²) in [4.78, 5) is 23.1. The fourth-order valence-electron chi connectivity index (χ4n) is 5.14. The number of fused-ring (bicyclic) bond motifs is 1. The van der Waals surface area contributed by atoms with Crippen molar-refractivity contribution >= 4 is 22.6 Å². The van der Waals surface area contributed by atoms with Crippen LogP contribution in [0.3, 0.4) is 0 Å². The molecule has 35 heavy (non-hydrogen) atoms. The average Bonchev–Trinajstić information content (AvgIpc) is 2.89. The molecule has 1 aliphatic heterocycles. The smallest absolute Gasteiger partial charge is 0.234 e. The zero-order valence-corrected chi connectivity index (χ0v) is 20.4. The number of ether oxygens (including phenoxy) is 2. The van der Waals surface area contributed by atoms with Crippen LogP contribution in [-0.4, -0.2) is 59.7 Å². The highest BCUT2D eigenvalue weighted by Gasteiger charge is 2.30. The van der Waals surface area contributed by atoms with Crippen molar-refractivity contribution in [3.8, 4) is 11.5 Å². The summed E-state index contributed by atoms with van der Waals surface area (Å²) in [6.07, 6.45) is 5.64. The van der Waals surface area contributed by atoms with E-state index in [0.29, 0.717) is 24.1 Å². The zero-order chi connectivity index (χ0) is 24.2. The topological polar surface area (TPSA) is 88.6 Å². The molecule has 2 heterocycles. The molecule has 8 heteroatoms. The van der Waals surface area contributed by atoms with Crippen LogP contribution in [0.15, 0.2) is 48.8 Å². The molecule has 8 nitrogen and oxygen atoms in total. The van der Waals surface area contributed by atoms with Crippen molar-refractivity contribution in [3.63, 3.8) is 0 Å². The second-order valence-corrected chi connectivity index (χ2v) is 9.39. The van der Waals surface area contributed by atoms with Crippen molar-refractivity contribution in [1.29, 1.82) is 0 Å². The normalized spacial score (nSPS) is 21.8. The van der Waals surface area contributed by atoms with Gasteiger partial charge in [0.2, 0.25) is 5.91 Å². The molecule has 2 aliphatic rings. The lowest BCUT2D eigenvalue weighted by atomic mass is 9.91. The van der Waals surface area contributed by atoms with Gasteiger partial charge in [-0.05, 0) is 44.2 Å². The Bertz CT molecular complexity index is 1160. The highest BCUT2D eigenvalue weighted by Crippen LogP contribution is 2.37. The lowest BCUT2D eigenvalue weighted by Gasteiger charge is -2.38. The first-order chi connectivity index (χ1) is 17.1. The van der Waals surface area contributed by atoms with Crippen molar-refractivity contribution in [2.75, 3.05) is 32.1 Å². The molecule has 1 saturated heterocycles.